The van der Waals surface area contributed by atoms with Crippen LogP contribution in [0.25, 0.3) is 0 Å². The number of benzene rings is 1. The van der Waals surface area contributed by atoms with Gasteiger partial charge in [0.25, 0.3) is 0 Å². The first-order valence-electron chi connectivity index (χ1n) is 7.95. The van der Waals surface area contributed by atoms with E-state index in [1.807, 2.05) is 18.2 Å². The van der Waals surface area contributed by atoms with Gasteiger partial charge in [0, 0.05) is 31.7 Å². The number of hydrogen-bond donors (Lipinski definition) is 1. The quantitative estimate of drug-likeness (QED) is 0.914. The number of carbonyl (C=O) groups excluding carboxylic acids is 1. The third kappa shape index (κ3) is 3.44. The highest BCUT2D eigenvalue weighted by Gasteiger charge is 2.35. The number of nitrogens with one attached hydrogen (secondary N) is 1. The molecule has 1 aliphatic heterocycles. The first-order valence-corrected chi connectivity index (χ1v) is 7.95. The molecule has 2 aliphatic rings. The number of hydrogen-bond acceptors (Lipinski definition) is 3. The fourth-order valence-corrected chi connectivity index (χ4v) is 3.17. The molecule has 4 heteroatoms. The molecule has 0 spiro atoms. The SMILES string of the molecule is C[C@H]1CN(C)CCN1[C@@H](C(=O)NC1CC1)c1ccccc1. The van der Waals surface area contributed by atoms with Gasteiger partial charge in [0.15, 0.2) is 0 Å². The molecule has 2 fully saturated rings. The molecule has 21 heavy (non-hydrogen) atoms. The highest BCUT2D eigenvalue weighted by Crippen LogP contribution is 2.27. The van der Waals surface area contributed by atoms with Gasteiger partial charge in [0.05, 0.1) is 0 Å². The van der Waals surface area contributed by atoms with Crippen LogP contribution in [0.2, 0.25) is 0 Å². The molecule has 1 N–H and O–H groups in total. The van der Waals surface area contributed by atoms with E-state index >= 15 is 0 Å². The summed E-state index contributed by atoms with van der Waals surface area (Å²) in [6.45, 7) is 5.19. The van der Waals surface area contributed by atoms with Crippen LogP contribution in [0.3, 0.4) is 0 Å². The lowest BCUT2D eigenvalue weighted by molar-refractivity contribution is -0.128. The van der Waals surface area contributed by atoms with Crippen molar-refractivity contribution in [3.63, 3.8) is 0 Å². The molecule has 1 aromatic rings. The number of carbonyl (C=O) groups is 1. The maximum Gasteiger partial charge on any atom is 0.242 e. The molecular formula is C17H25N3O. The largest absolute Gasteiger partial charge is 0.352 e. The first kappa shape index (κ1) is 14.5. The molecule has 4 nitrogen and oxygen atoms in total. The smallest absolute Gasteiger partial charge is 0.242 e. The zero-order chi connectivity index (χ0) is 14.8. The van der Waals surface area contributed by atoms with Gasteiger partial charge in [0.2, 0.25) is 5.91 Å². The van der Waals surface area contributed by atoms with Crippen LogP contribution in [0.4, 0.5) is 0 Å². The Kier molecular flexibility index (Phi) is 4.27. The van der Waals surface area contributed by atoms with Crippen molar-refractivity contribution in [3.8, 4) is 0 Å². The summed E-state index contributed by atoms with van der Waals surface area (Å²) in [7, 11) is 2.15. The summed E-state index contributed by atoms with van der Waals surface area (Å²) < 4.78 is 0. The van der Waals surface area contributed by atoms with Crippen molar-refractivity contribution in [3.05, 3.63) is 35.9 Å². The van der Waals surface area contributed by atoms with Gasteiger partial charge in [0.1, 0.15) is 6.04 Å². The van der Waals surface area contributed by atoms with Gasteiger partial charge in [-0.15, -0.1) is 0 Å². The average molecular weight is 287 g/mol. The fourth-order valence-electron chi connectivity index (χ4n) is 3.17. The molecule has 0 radical (unpaired) electrons. The van der Waals surface area contributed by atoms with Crippen LogP contribution in [-0.4, -0.2) is 54.5 Å². The first-order chi connectivity index (χ1) is 10.1. The van der Waals surface area contributed by atoms with Crippen molar-refractivity contribution in [2.45, 2.75) is 37.9 Å². The Bertz CT molecular complexity index is 486. The number of rotatable bonds is 4. The molecule has 0 aromatic heterocycles. The topological polar surface area (TPSA) is 35.6 Å². The van der Waals surface area contributed by atoms with Crippen LogP contribution in [-0.2, 0) is 4.79 Å². The van der Waals surface area contributed by atoms with E-state index in [-0.39, 0.29) is 11.9 Å². The Morgan fingerprint density at radius 1 is 1.24 bits per heavy atom. The molecule has 3 rings (SSSR count). The lowest BCUT2D eigenvalue weighted by Gasteiger charge is -2.42. The van der Waals surface area contributed by atoms with E-state index in [2.05, 4.69) is 41.2 Å². The van der Waals surface area contributed by atoms with E-state index < -0.39 is 0 Å². The van der Waals surface area contributed by atoms with Crippen molar-refractivity contribution >= 4 is 5.91 Å². The minimum atomic E-state index is -0.157. The summed E-state index contributed by atoms with van der Waals surface area (Å²) in [5.74, 6) is 0.167. The van der Waals surface area contributed by atoms with Gasteiger partial charge in [-0.2, -0.15) is 0 Å². The van der Waals surface area contributed by atoms with E-state index in [0.29, 0.717) is 12.1 Å². The van der Waals surface area contributed by atoms with Crippen molar-refractivity contribution < 1.29 is 4.79 Å². The Labute approximate surface area is 127 Å². The molecule has 1 saturated carbocycles. The van der Waals surface area contributed by atoms with Gasteiger partial charge < -0.3 is 10.2 Å². The molecular weight excluding hydrogens is 262 g/mol. The summed E-state index contributed by atoms with van der Waals surface area (Å²) in [6.07, 6.45) is 2.26. The molecule has 114 valence electrons. The van der Waals surface area contributed by atoms with Crippen LogP contribution in [0, 0.1) is 0 Å². The number of amides is 1. The van der Waals surface area contributed by atoms with Crippen molar-refractivity contribution in [2.24, 2.45) is 0 Å². The van der Waals surface area contributed by atoms with E-state index in [1.54, 1.807) is 0 Å². The van der Waals surface area contributed by atoms with Crippen LogP contribution in [0.5, 0.6) is 0 Å². The van der Waals surface area contributed by atoms with E-state index in [1.165, 1.54) is 0 Å². The van der Waals surface area contributed by atoms with Crippen molar-refractivity contribution in [1.82, 2.24) is 15.1 Å². The Balaban J connectivity index is 1.82. The number of piperazine rings is 1. The molecule has 1 amide bonds. The molecule has 0 bridgehead atoms. The van der Waals surface area contributed by atoms with Crippen LogP contribution >= 0.6 is 0 Å². The van der Waals surface area contributed by atoms with Crippen molar-refractivity contribution in [1.29, 1.82) is 0 Å². The third-order valence-corrected chi connectivity index (χ3v) is 4.50. The lowest BCUT2D eigenvalue weighted by atomic mass is 10.0. The monoisotopic (exact) mass is 287 g/mol. The van der Waals surface area contributed by atoms with Gasteiger partial charge in [-0.3, -0.25) is 9.69 Å². The van der Waals surface area contributed by atoms with Gasteiger partial charge >= 0.3 is 0 Å². The average Bonchev–Trinajstić information content (AvgIpc) is 3.27. The molecule has 1 aliphatic carbocycles. The summed E-state index contributed by atoms with van der Waals surface area (Å²) >= 11 is 0. The minimum absolute atomic E-state index is 0.157. The summed E-state index contributed by atoms with van der Waals surface area (Å²) in [5, 5.41) is 3.19. The van der Waals surface area contributed by atoms with Gasteiger partial charge in [-0.25, -0.2) is 0 Å². The zero-order valence-corrected chi connectivity index (χ0v) is 13.0. The summed E-state index contributed by atoms with van der Waals surface area (Å²) in [6, 6.07) is 10.8. The molecule has 2 atom stereocenters. The Morgan fingerprint density at radius 3 is 2.57 bits per heavy atom. The maximum absolute atomic E-state index is 12.8. The summed E-state index contributed by atoms with van der Waals surface area (Å²) in [4.78, 5) is 17.4. The van der Waals surface area contributed by atoms with Crippen molar-refractivity contribution in [2.75, 3.05) is 26.7 Å². The number of likely N-dealkylation sites (N-methyl/N-ethyl adjacent to an activating group) is 1. The fraction of sp³-hybridized carbons (Fsp3) is 0.588. The zero-order valence-electron chi connectivity index (χ0n) is 13.0. The van der Waals surface area contributed by atoms with Gasteiger partial charge in [-0.1, -0.05) is 30.3 Å². The molecule has 0 unspecified atom stereocenters. The highest BCUT2D eigenvalue weighted by molar-refractivity contribution is 5.83. The van der Waals surface area contributed by atoms with Crippen LogP contribution in [0.1, 0.15) is 31.4 Å². The second kappa shape index (κ2) is 6.16. The molecule has 1 aromatic carbocycles. The van der Waals surface area contributed by atoms with Crippen LogP contribution < -0.4 is 5.32 Å². The summed E-state index contributed by atoms with van der Waals surface area (Å²) in [5.41, 5.74) is 1.10. The van der Waals surface area contributed by atoms with E-state index in [9.17, 15) is 4.79 Å². The lowest BCUT2D eigenvalue weighted by Crippen LogP contribution is -2.54. The van der Waals surface area contributed by atoms with Gasteiger partial charge in [-0.05, 0) is 32.4 Å². The Morgan fingerprint density at radius 2 is 1.95 bits per heavy atom. The second-order valence-electron chi connectivity index (χ2n) is 6.45. The van der Waals surface area contributed by atoms with E-state index in [4.69, 9.17) is 0 Å². The maximum atomic E-state index is 12.8. The standard InChI is InChI=1S/C17H25N3O/c1-13-12-19(2)10-11-20(13)16(14-6-4-3-5-7-14)17(21)18-15-8-9-15/h3-7,13,15-16H,8-12H2,1-2H3,(H,18,21)/t13-,16+/m0/s1. The molecule has 1 heterocycles. The normalized spacial score (nSPS) is 25.5. The molecule has 1 saturated heterocycles. The third-order valence-electron chi connectivity index (χ3n) is 4.50. The predicted octanol–water partition coefficient (Wildman–Crippen LogP) is 1.64. The highest BCUT2D eigenvalue weighted by atomic mass is 16.2. The minimum Gasteiger partial charge on any atom is -0.352 e. The second-order valence-corrected chi connectivity index (χ2v) is 6.45. The Hall–Kier alpha value is -1.39. The van der Waals surface area contributed by atoms with Crippen LogP contribution in [0.15, 0.2) is 30.3 Å². The predicted molar refractivity (Wildman–Crippen MR) is 84.0 cm³/mol. The van der Waals surface area contributed by atoms with E-state index in [0.717, 1.165) is 38.0 Å². The number of nitrogens with zero attached hydrogens (tertiary/aromatic N) is 2.